The fourth-order valence-corrected chi connectivity index (χ4v) is 7.68. The van der Waals surface area contributed by atoms with E-state index in [1.54, 1.807) is 37.5 Å². The maximum absolute atomic E-state index is 12.8. The van der Waals surface area contributed by atoms with Gasteiger partial charge < -0.3 is 35.0 Å². The number of thiophene rings is 1. The number of methoxy groups -OCH3 is 1. The SMILES string of the molecule is CCOC(=O)CC(CCC1=CCCc2ccc(OC)cc21)C(O)Cc1c(O)c(CCCc2ccc(O)cc2O)cc(O)c1CCc1cccs1. The number of aliphatic hydroxyl groups is 1. The van der Waals surface area contributed by atoms with Crippen LogP contribution in [-0.4, -0.2) is 51.3 Å². The Morgan fingerprint density at radius 3 is 2.46 bits per heavy atom. The number of ether oxygens (including phenoxy) is 2. The predicted octanol–water partition coefficient (Wildman–Crippen LogP) is 7.82. The molecule has 0 radical (unpaired) electrons. The summed E-state index contributed by atoms with van der Waals surface area (Å²) in [4.78, 5) is 14.0. The monoisotopic (exact) mass is 700 g/mol. The summed E-state index contributed by atoms with van der Waals surface area (Å²) in [5.74, 6) is 0.0183. The van der Waals surface area contributed by atoms with Crippen molar-refractivity contribution in [1.29, 1.82) is 0 Å². The maximum Gasteiger partial charge on any atom is 0.306 e. The fourth-order valence-electron chi connectivity index (χ4n) is 6.97. The molecule has 9 heteroatoms. The summed E-state index contributed by atoms with van der Waals surface area (Å²) in [6, 6.07) is 16.2. The van der Waals surface area contributed by atoms with E-state index in [0.29, 0.717) is 67.2 Å². The van der Waals surface area contributed by atoms with Gasteiger partial charge in [0, 0.05) is 28.5 Å². The highest BCUT2D eigenvalue weighted by Gasteiger charge is 2.28. The van der Waals surface area contributed by atoms with E-state index in [1.165, 1.54) is 17.7 Å². The highest BCUT2D eigenvalue weighted by molar-refractivity contribution is 7.09. The summed E-state index contributed by atoms with van der Waals surface area (Å²) >= 11 is 1.63. The Kier molecular flexibility index (Phi) is 12.8. The van der Waals surface area contributed by atoms with Crippen molar-refractivity contribution in [3.63, 3.8) is 0 Å². The standard InChI is InChI=1S/C41H48O8S/c1-3-49-40(46)22-29(13-12-26-7-4-8-27-15-17-32(48-2)24-35(26)27)38(44)25-36-34(19-18-33-11-6-20-50-33)39(45)21-30(41(36)47)10-5-9-28-14-16-31(42)23-37(28)43/h6-7,11,14-17,20-21,23-24,29,38,42-45,47H,3-5,8-10,12-13,18-19,22,25H2,1-2H3. The molecule has 0 aliphatic heterocycles. The summed E-state index contributed by atoms with van der Waals surface area (Å²) in [6.07, 6.45) is 6.95. The zero-order chi connectivity index (χ0) is 35.6. The Bertz CT molecular complexity index is 1780. The number of esters is 1. The van der Waals surface area contributed by atoms with Crippen molar-refractivity contribution in [2.45, 2.75) is 83.7 Å². The Morgan fingerprint density at radius 1 is 0.900 bits per heavy atom. The molecular weight excluding hydrogens is 653 g/mol. The molecule has 0 spiro atoms. The first kappa shape index (κ1) is 36.8. The highest BCUT2D eigenvalue weighted by atomic mass is 32.1. The van der Waals surface area contributed by atoms with Gasteiger partial charge >= 0.3 is 5.97 Å². The van der Waals surface area contributed by atoms with Crippen molar-refractivity contribution in [1.82, 2.24) is 0 Å². The quantitative estimate of drug-likeness (QED) is 0.0556. The van der Waals surface area contributed by atoms with Gasteiger partial charge in [-0.05, 0) is 134 Å². The Morgan fingerprint density at radius 2 is 1.72 bits per heavy atom. The molecular formula is C41H48O8S. The molecule has 1 aliphatic rings. The van der Waals surface area contributed by atoms with Gasteiger partial charge in [-0.3, -0.25) is 4.79 Å². The largest absolute Gasteiger partial charge is 0.508 e. The summed E-state index contributed by atoms with van der Waals surface area (Å²) in [5.41, 5.74) is 5.82. The van der Waals surface area contributed by atoms with Crippen LogP contribution in [0.15, 0.2) is 66.1 Å². The second-order valence-corrected chi connectivity index (χ2v) is 14.0. The van der Waals surface area contributed by atoms with Crippen molar-refractivity contribution >= 4 is 22.9 Å². The molecule has 0 saturated carbocycles. The normalized spacial score (nSPS) is 13.7. The average Bonchev–Trinajstić information content (AvgIpc) is 3.63. The third-order valence-corrected chi connectivity index (χ3v) is 10.6. The van der Waals surface area contributed by atoms with Crippen LogP contribution in [-0.2, 0) is 48.1 Å². The Hall–Kier alpha value is -4.47. The second-order valence-electron chi connectivity index (χ2n) is 13.0. The van der Waals surface area contributed by atoms with Crippen molar-refractivity contribution in [2.75, 3.05) is 13.7 Å². The molecule has 1 aliphatic carbocycles. The van der Waals surface area contributed by atoms with Crippen LogP contribution in [0.2, 0.25) is 0 Å². The first-order chi connectivity index (χ1) is 24.2. The molecule has 4 aromatic rings. The van der Waals surface area contributed by atoms with Crippen LogP contribution in [0.25, 0.3) is 5.57 Å². The van der Waals surface area contributed by atoms with Gasteiger partial charge in [0.1, 0.15) is 28.7 Å². The number of phenols is 4. The van der Waals surface area contributed by atoms with Gasteiger partial charge in [0.15, 0.2) is 0 Å². The van der Waals surface area contributed by atoms with Crippen LogP contribution < -0.4 is 4.74 Å². The van der Waals surface area contributed by atoms with Gasteiger partial charge in [0.25, 0.3) is 0 Å². The van der Waals surface area contributed by atoms with Gasteiger partial charge in [0.2, 0.25) is 0 Å². The highest BCUT2D eigenvalue weighted by Crippen LogP contribution is 2.39. The lowest BCUT2D eigenvalue weighted by atomic mass is 9.82. The van der Waals surface area contributed by atoms with Crippen molar-refractivity contribution in [3.05, 3.63) is 104 Å². The van der Waals surface area contributed by atoms with E-state index >= 15 is 0 Å². The van der Waals surface area contributed by atoms with Gasteiger partial charge in [-0.25, -0.2) is 0 Å². The van der Waals surface area contributed by atoms with Gasteiger partial charge in [-0.2, -0.15) is 0 Å². The number of hydrogen-bond donors (Lipinski definition) is 5. The molecule has 8 nitrogen and oxygen atoms in total. The third-order valence-electron chi connectivity index (χ3n) is 9.68. The smallest absolute Gasteiger partial charge is 0.306 e. The first-order valence-corrected chi connectivity index (χ1v) is 18.3. The molecule has 5 N–H and O–H groups in total. The minimum atomic E-state index is -0.997. The lowest BCUT2D eigenvalue weighted by Gasteiger charge is -2.26. The molecule has 0 fully saturated rings. The minimum absolute atomic E-state index is 0.00376. The Balaban J connectivity index is 1.39. The number of rotatable bonds is 17. The fraction of sp³-hybridized carbons (Fsp3) is 0.390. The van der Waals surface area contributed by atoms with E-state index in [0.717, 1.165) is 34.6 Å². The molecule has 5 rings (SSSR count). The number of carbonyl (C=O) groups excluding carboxylic acids is 1. The van der Waals surface area contributed by atoms with E-state index in [-0.39, 0.29) is 48.4 Å². The number of hydrogen-bond acceptors (Lipinski definition) is 9. The van der Waals surface area contributed by atoms with Crippen molar-refractivity contribution < 1.29 is 39.8 Å². The molecule has 1 heterocycles. The van der Waals surface area contributed by atoms with E-state index in [4.69, 9.17) is 9.47 Å². The number of carbonyl (C=O) groups is 1. The van der Waals surface area contributed by atoms with Gasteiger partial charge in [-0.1, -0.05) is 24.3 Å². The number of benzene rings is 3. The Labute approximate surface area is 298 Å². The van der Waals surface area contributed by atoms with Crippen LogP contribution in [0.3, 0.4) is 0 Å². The number of aromatic hydroxyl groups is 4. The molecule has 2 unspecified atom stereocenters. The van der Waals surface area contributed by atoms with E-state index in [9.17, 15) is 30.3 Å². The van der Waals surface area contributed by atoms with E-state index < -0.39 is 12.0 Å². The minimum Gasteiger partial charge on any atom is -0.508 e. The lowest BCUT2D eigenvalue weighted by molar-refractivity contribution is -0.145. The van der Waals surface area contributed by atoms with Crippen LogP contribution in [0, 0.1) is 5.92 Å². The number of fused-ring (bicyclic) bond motifs is 1. The summed E-state index contributed by atoms with van der Waals surface area (Å²) < 4.78 is 10.8. The van der Waals surface area contributed by atoms with E-state index in [1.807, 2.05) is 29.6 Å². The van der Waals surface area contributed by atoms with Gasteiger partial charge in [-0.15, -0.1) is 11.3 Å². The first-order valence-electron chi connectivity index (χ1n) is 17.5. The van der Waals surface area contributed by atoms with Crippen molar-refractivity contribution in [2.24, 2.45) is 5.92 Å². The maximum atomic E-state index is 12.8. The van der Waals surface area contributed by atoms with Crippen LogP contribution >= 0.6 is 11.3 Å². The second kappa shape index (κ2) is 17.5. The molecule has 0 amide bonds. The third kappa shape index (κ3) is 9.40. The lowest BCUT2D eigenvalue weighted by Crippen LogP contribution is -2.27. The van der Waals surface area contributed by atoms with Gasteiger partial charge in [0.05, 0.1) is 26.2 Å². The van der Waals surface area contributed by atoms with Crippen LogP contribution in [0.1, 0.15) is 77.3 Å². The molecule has 3 aromatic carbocycles. The average molecular weight is 701 g/mol. The van der Waals surface area contributed by atoms with E-state index in [2.05, 4.69) is 12.1 Å². The predicted molar refractivity (Wildman–Crippen MR) is 196 cm³/mol. The number of allylic oxidation sites excluding steroid dienone is 2. The number of aliphatic hydroxyl groups excluding tert-OH is 1. The molecule has 0 bridgehead atoms. The van der Waals surface area contributed by atoms with Crippen LogP contribution in [0.5, 0.6) is 28.7 Å². The summed E-state index contributed by atoms with van der Waals surface area (Å²) in [5, 5.41) is 56.8. The summed E-state index contributed by atoms with van der Waals surface area (Å²) in [6.45, 7) is 2.00. The molecule has 2 atom stereocenters. The molecule has 1 aromatic heterocycles. The van der Waals surface area contributed by atoms with Crippen LogP contribution in [0.4, 0.5) is 0 Å². The summed E-state index contributed by atoms with van der Waals surface area (Å²) in [7, 11) is 1.65. The number of aryl methyl sites for hydroxylation is 4. The zero-order valence-electron chi connectivity index (χ0n) is 28.9. The van der Waals surface area contributed by atoms with Crippen molar-refractivity contribution in [3.8, 4) is 28.7 Å². The molecule has 0 saturated heterocycles. The number of phenolic OH excluding ortho intramolecular Hbond substituents is 4. The molecule has 266 valence electrons. The topological polar surface area (TPSA) is 137 Å². The zero-order valence-corrected chi connectivity index (χ0v) is 29.7. The molecule has 50 heavy (non-hydrogen) atoms.